The topological polar surface area (TPSA) is 84.9 Å². The van der Waals surface area contributed by atoms with Crippen molar-refractivity contribution in [3.05, 3.63) is 39.6 Å². The van der Waals surface area contributed by atoms with Gasteiger partial charge in [0.15, 0.2) is 11.5 Å². The maximum Gasteiger partial charge on any atom is 0.352 e. The van der Waals surface area contributed by atoms with Gasteiger partial charge in [-0.05, 0) is 53.3 Å². The molecule has 6 nitrogen and oxygen atoms in total. The summed E-state index contributed by atoms with van der Waals surface area (Å²) >= 11 is 2.08. The zero-order valence-electron chi connectivity index (χ0n) is 12.9. The van der Waals surface area contributed by atoms with Gasteiger partial charge >= 0.3 is 5.97 Å². The van der Waals surface area contributed by atoms with E-state index in [0.29, 0.717) is 30.3 Å². The number of ether oxygens (including phenoxy) is 2. The van der Waals surface area contributed by atoms with Crippen LogP contribution in [-0.2, 0) is 9.59 Å². The number of rotatable bonds is 8. The van der Waals surface area contributed by atoms with Crippen LogP contribution in [0.3, 0.4) is 0 Å². The van der Waals surface area contributed by atoms with E-state index in [0.717, 1.165) is 3.57 Å². The molecule has 1 rings (SSSR count). The largest absolute Gasteiger partial charge is 0.490 e. The van der Waals surface area contributed by atoms with Crippen LogP contribution in [0.1, 0.15) is 19.4 Å². The molecule has 0 bridgehead atoms. The first-order valence-corrected chi connectivity index (χ1v) is 7.89. The highest BCUT2D eigenvalue weighted by atomic mass is 127. The van der Waals surface area contributed by atoms with Crippen LogP contribution in [-0.4, -0.2) is 30.2 Å². The highest BCUT2D eigenvalue weighted by Crippen LogP contribution is 2.34. The van der Waals surface area contributed by atoms with Crippen molar-refractivity contribution >= 4 is 40.5 Å². The predicted molar refractivity (Wildman–Crippen MR) is 95.4 cm³/mol. The Morgan fingerprint density at radius 3 is 2.61 bits per heavy atom. The molecule has 23 heavy (non-hydrogen) atoms. The third kappa shape index (κ3) is 5.93. The molecule has 0 aliphatic heterocycles. The van der Waals surface area contributed by atoms with Crippen molar-refractivity contribution in [1.82, 2.24) is 5.32 Å². The summed E-state index contributed by atoms with van der Waals surface area (Å²) in [4.78, 5) is 22.3. The van der Waals surface area contributed by atoms with Crippen molar-refractivity contribution < 1.29 is 24.2 Å². The first kappa shape index (κ1) is 19.0. The summed E-state index contributed by atoms with van der Waals surface area (Å²) in [5, 5.41) is 11.4. The average Bonchev–Trinajstić information content (AvgIpc) is 2.45. The quantitative estimate of drug-likeness (QED) is 0.376. The molecule has 0 saturated heterocycles. The number of nitrogens with one attached hydrogen (secondary N) is 1. The number of hydrogen-bond donors (Lipinski definition) is 2. The Balaban J connectivity index is 3.28. The van der Waals surface area contributed by atoms with E-state index in [4.69, 9.17) is 14.6 Å². The molecule has 0 aliphatic carbocycles. The lowest BCUT2D eigenvalue weighted by molar-refractivity contribution is -0.134. The molecule has 0 aliphatic rings. The third-order valence-electron chi connectivity index (χ3n) is 2.53. The van der Waals surface area contributed by atoms with Crippen molar-refractivity contribution in [3.63, 3.8) is 0 Å². The first-order chi connectivity index (χ1) is 10.9. The van der Waals surface area contributed by atoms with Gasteiger partial charge in [0.05, 0.1) is 10.2 Å². The Morgan fingerprint density at radius 1 is 1.39 bits per heavy atom. The second-order valence-corrected chi connectivity index (χ2v) is 5.57. The summed E-state index contributed by atoms with van der Waals surface area (Å²) in [5.41, 5.74) is 0.366. The molecule has 1 aromatic rings. The molecule has 0 aromatic heterocycles. The first-order valence-electron chi connectivity index (χ1n) is 6.81. The van der Waals surface area contributed by atoms with Crippen molar-refractivity contribution in [2.24, 2.45) is 0 Å². The number of carboxylic acid groups (broad SMARTS) is 1. The summed E-state index contributed by atoms with van der Waals surface area (Å²) in [6.45, 7) is 7.46. The third-order valence-corrected chi connectivity index (χ3v) is 3.33. The second kappa shape index (κ2) is 9.19. The van der Waals surface area contributed by atoms with Crippen LogP contribution in [0.5, 0.6) is 11.5 Å². The second-order valence-electron chi connectivity index (χ2n) is 4.41. The van der Waals surface area contributed by atoms with Crippen molar-refractivity contribution in [2.75, 3.05) is 13.2 Å². The highest BCUT2D eigenvalue weighted by molar-refractivity contribution is 14.1. The molecule has 0 spiro atoms. The fourth-order valence-corrected chi connectivity index (χ4v) is 2.51. The van der Waals surface area contributed by atoms with E-state index >= 15 is 0 Å². The fraction of sp³-hybridized carbons (Fsp3) is 0.250. The number of carboxylic acids is 1. The normalized spacial score (nSPS) is 10.8. The van der Waals surface area contributed by atoms with E-state index in [1.165, 1.54) is 13.0 Å². The van der Waals surface area contributed by atoms with Crippen LogP contribution in [0.15, 0.2) is 30.5 Å². The molecule has 1 amide bonds. The maximum absolute atomic E-state index is 11.2. The van der Waals surface area contributed by atoms with Gasteiger partial charge in [-0.15, -0.1) is 0 Å². The molecule has 7 heteroatoms. The van der Waals surface area contributed by atoms with Crippen molar-refractivity contribution in [1.29, 1.82) is 0 Å². The Bertz CT molecular complexity index is 640. The van der Waals surface area contributed by atoms with Gasteiger partial charge in [-0.2, -0.15) is 0 Å². The van der Waals surface area contributed by atoms with E-state index in [2.05, 4.69) is 34.5 Å². The lowest BCUT2D eigenvalue weighted by Gasteiger charge is -2.14. The number of amides is 1. The summed E-state index contributed by atoms with van der Waals surface area (Å²) < 4.78 is 11.9. The molecule has 124 valence electrons. The van der Waals surface area contributed by atoms with E-state index in [9.17, 15) is 9.59 Å². The number of carbonyl (C=O) groups excluding carboxylic acids is 1. The minimum atomic E-state index is -1.22. The van der Waals surface area contributed by atoms with Gasteiger partial charge in [0.1, 0.15) is 12.3 Å². The van der Waals surface area contributed by atoms with Crippen molar-refractivity contribution in [3.8, 4) is 11.5 Å². The summed E-state index contributed by atoms with van der Waals surface area (Å²) in [5.74, 6) is -0.606. The maximum atomic E-state index is 11.2. The highest BCUT2D eigenvalue weighted by Gasteiger charge is 2.14. The molecule has 1 aromatic carbocycles. The van der Waals surface area contributed by atoms with Crippen LogP contribution >= 0.6 is 22.6 Å². The van der Waals surface area contributed by atoms with E-state index in [1.54, 1.807) is 18.2 Å². The number of benzene rings is 1. The molecular formula is C16H18INO5. The molecule has 0 fully saturated rings. The number of aliphatic carboxylic acids is 1. The standard InChI is InChI=1S/C16H18INO5/c1-4-6-23-15-12(17)7-11(9-14(15)22-5-2)8-13(16(20)21)18-10(3)19/h4,7-9H,1,5-6H2,2-3H3,(H,18,19)(H,20,21)/b13-8+. The lowest BCUT2D eigenvalue weighted by atomic mass is 10.1. The zero-order chi connectivity index (χ0) is 17.4. The fourth-order valence-electron chi connectivity index (χ4n) is 1.72. The van der Waals surface area contributed by atoms with Gasteiger partial charge in [-0.3, -0.25) is 4.79 Å². The minimum absolute atomic E-state index is 0.212. The average molecular weight is 431 g/mol. The van der Waals surface area contributed by atoms with Gasteiger partial charge in [0.25, 0.3) is 0 Å². The smallest absolute Gasteiger partial charge is 0.352 e. The molecule has 2 N–H and O–H groups in total. The van der Waals surface area contributed by atoms with Gasteiger partial charge in [-0.1, -0.05) is 12.7 Å². The SMILES string of the molecule is C=CCOc1c(I)cc(/C=C(/NC(C)=O)C(=O)O)cc1OCC. The van der Waals surface area contributed by atoms with Crippen LogP contribution in [0.25, 0.3) is 6.08 Å². The lowest BCUT2D eigenvalue weighted by Crippen LogP contribution is -2.24. The van der Waals surface area contributed by atoms with E-state index in [-0.39, 0.29) is 5.70 Å². The molecule has 0 saturated carbocycles. The van der Waals surface area contributed by atoms with Gasteiger partial charge in [0.2, 0.25) is 5.91 Å². The predicted octanol–water partition coefficient (Wildman–Crippen LogP) is 2.82. The van der Waals surface area contributed by atoms with E-state index < -0.39 is 11.9 Å². The molecular weight excluding hydrogens is 413 g/mol. The summed E-state index contributed by atoms with van der Waals surface area (Å²) in [6.07, 6.45) is 2.99. The Labute approximate surface area is 148 Å². The van der Waals surface area contributed by atoms with Crippen LogP contribution in [0.2, 0.25) is 0 Å². The monoisotopic (exact) mass is 431 g/mol. The van der Waals surface area contributed by atoms with E-state index in [1.807, 2.05) is 6.92 Å². The minimum Gasteiger partial charge on any atom is -0.490 e. The van der Waals surface area contributed by atoms with Crippen LogP contribution in [0, 0.1) is 3.57 Å². The zero-order valence-corrected chi connectivity index (χ0v) is 15.0. The molecule has 0 heterocycles. The van der Waals surface area contributed by atoms with Gasteiger partial charge < -0.3 is 19.9 Å². The van der Waals surface area contributed by atoms with Gasteiger partial charge in [0, 0.05) is 6.92 Å². The van der Waals surface area contributed by atoms with Crippen molar-refractivity contribution in [2.45, 2.75) is 13.8 Å². The molecule has 0 atom stereocenters. The number of halogens is 1. The molecule has 0 unspecified atom stereocenters. The number of hydrogen-bond acceptors (Lipinski definition) is 4. The molecule has 0 radical (unpaired) electrons. The Hall–Kier alpha value is -2.03. The van der Waals surface area contributed by atoms with Gasteiger partial charge in [-0.25, -0.2) is 4.79 Å². The van der Waals surface area contributed by atoms with Crippen LogP contribution in [0.4, 0.5) is 0 Å². The summed E-state index contributed by atoms with van der Waals surface area (Å²) in [7, 11) is 0. The Morgan fingerprint density at radius 2 is 2.09 bits per heavy atom. The Kier molecular flexibility index (Phi) is 7.60. The van der Waals surface area contributed by atoms with Crippen LogP contribution < -0.4 is 14.8 Å². The number of carbonyl (C=O) groups is 2. The summed E-state index contributed by atoms with van der Waals surface area (Å²) in [6, 6.07) is 3.40.